The Morgan fingerprint density at radius 1 is 0.906 bits per heavy atom. The smallest absolute Gasteiger partial charge is 0.339 e. The summed E-state index contributed by atoms with van der Waals surface area (Å²) in [6.45, 7) is 9.89. The molecule has 0 heterocycles. The van der Waals surface area contributed by atoms with Gasteiger partial charge in [-0.25, -0.2) is 4.79 Å². The molecule has 53 heavy (non-hydrogen) atoms. The highest BCUT2D eigenvalue weighted by Crippen LogP contribution is 2.29. The number of ether oxygens (including phenoxy) is 3. The maximum absolute atomic E-state index is 14.1. The van der Waals surface area contributed by atoms with Gasteiger partial charge in [0.25, 0.3) is 0 Å². The molecule has 0 saturated carbocycles. The van der Waals surface area contributed by atoms with Gasteiger partial charge in [0.05, 0.1) is 12.5 Å². The number of aliphatic hydroxyl groups is 1. The summed E-state index contributed by atoms with van der Waals surface area (Å²) in [7, 11) is 1.45. The maximum Gasteiger partial charge on any atom is 0.339 e. The van der Waals surface area contributed by atoms with E-state index in [0.717, 1.165) is 44.1 Å². The van der Waals surface area contributed by atoms with E-state index >= 15 is 0 Å². The van der Waals surface area contributed by atoms with Crippen LogP contribution >= 0.6 is 0 Å². The van der Waals surface area contributed by atoms with Crippen LogP contribution in [0.2, 0.25) is 0 Å². The van der Waals surface area contributed by atoms with E-state index in [1.54, 1.807) is 58.0 Å². The molecule has 11 heteroatoms. The van der Waals surface area contributed by atoms with Gasteiger partial charge >= 0.3 is 11.9 Å². The molecule has 0 aliphatic rings. The number of unbranched alkanes of at least 4 members (excludes halogenated alkanes) is 8. The summed E-state index contributed by atoms with van der Waals surface area (Å²) in [5, 5.41) is 17.3. The van der Waals surface area contributed by atoms with Gasteiger partial charge in [-0.2, -0.15) is 0 Å². The quantitative estimate of drug-likeness (QED) is 0.0427. The molecule has 0 bridgehead atoms. The molecule has 296 valence electrons. The Bertz CT molecular complexity index is 1370. The lowest BCUT2D eigenvalue weighted by atomic mass is 9.82. The maximum atomic E-state index is 14.1. The highest BCUT2D eigenvalue weighted by molar-refractivity contribution is 5.94. The number of carbonyl (C=O) groups is 5. The second-order valence-electron chi connectivity index (χ2n) is 14.3. The summed E-state index contributed by atoms with van der Waals surface area (Å²) in [6.07, 6.45) is 13.6. The van der Waals surface area contributed by atoms with Crippen molar-refractivity contribution in [2.24, 2.45) is 5.92 Å². The van der Waals surface area contributed by atoms with Gasteiger partial charge in [-0.3, -0.25) is 19.2 Å². The van der Waals surface area contributed by atoms with Crippen molar-refractivity contribution >= 4 is 29.5 Å². The third kappa shape index (κ3) is 20.0. The Labute approximate surface area is 317 Å². The van der Waals surface area contributed by atoms with Crippen molar-refractivity contribution in [3.63, 3.8) is 0 Å². The molecule has 0 unspecified atom stereocenters. The lowest BCUT2D eigenvalue weighted by Crippen LogP contribution is -2.57. The zero-order chi connectivity index (χ0) is 39.7. The van der Waals surface area contributed by atoms with Crippen LogP contribution in [0.5, 0.6) is 5.75 Å². The number of rotatable bonds is 26. The Balaban J connectivity index is 3.16. The molecule has 1 rings (SSSR count). The SMILES string of the molecule is CC#CCOc1ccc(C[C@H](NC(=O)[C@@H](/C=C/CCCCCCC(=O)CCCCCCC)[C@@](O)(CCOC(C)=O)C(=O)OC(C)(C)C)C(=O)NC)cc1. The van der Waals surface area contributed by atoms with Gasteiger partial charge in [0.1, 0.15) is 29.8 Å². The highest BCUT2D eigenvalue weighted by Gasteiger charge is 2.49. The molecule has 0 spiro atoms. The fraction of sp³-hybridized carbons (Fsp3) is 0.643. The molecule has 0 aliphatic carbocycles. The number of hydrogen-bond acceptors (Lipinski definition) is 9. The Morgan fingerprint density at radius 2 is 1.53 bits per heavy atom. The summed E-state index contributed by atoms with van der Waals surface area (Å²) >= 11 is 0. The van der Waals surface area contributed by atoms with Gasteiger partial charge in [-0.05, 0) is 71.1 Å². The number of nitrogens with one attached hydrogen (secondary N) is 2. The third-order valence-electron chi connectivity index (χ3n) is 8.53. The Hall–Kier alpha value is -4.17. The van der Waals surface area contributed by atoms with Crippen molar-refractivity contribution in [1.29, 1.82) is 0 Å². The van der Waals surface area contributed by atoms with Gasteiger partial charge in [-0.15, -0.1) is 5.92 Å². The van der Waals surface area contributed by atoms with Crippen LogP contribution in [0, 0.1) is 17.8 Å². The number of hydrogen-bond donors (Lipinski definition) is 3. The number of likely N-dealkylation sites (N-methyl/N-ethyl adjacent to an activating group) is 1. The normalized spacial score (nSPS) is 13.5. The number of ketones is 1. The van der Waals surface area contributed by atoms with Gasteiger partial charge in [-0.1, -0.05) is 75.7 Å². The largest absolute Gasteiger partial charge is 0.481 e. The average Bonchev–Trinajstić information content (AvgIpc) is 3.10. The van der Waals surface area contributed by atoms with Gasteiger partial charge in [0, 0.05) is 39.7 Å². The fourth-order valence-corrected chi connectivity index (χ4v) is 5.58. The van der Waals surface area contributed by atoms with Crippen molar-refractivity contribution < 1.29 is 43.3 Å². The number of esters is 2. The molecule has 1 aromatic rings. The molecule has 0 aromatic heterocycles. The Morgan fingerprint density at radius 3 is 2.09 bits per heavy atom. The number of benzene rings is 1. The second-order valence-corrected chi connectivity index (χ2v) is 14.3. The minimum atomic E-state index is -2.44. The molecule has 0 aliphatic heterocycles. The van der Waals surface area contributed by atoms with E-state index in [-0.39, 0.29) is 19.6 Å². The first-order chi connectivity index (χ1) is 25.2. The first-order valence-electron chi connectivity index (χ1n) is 19.1. The predicted octanol–water partition coefficient (Wildman–Crippen LogP) is 6.33. The van der Waals surface area contributed by atoms with Crippen LogP contribution in [0.4, 0.5) is 0 Å². The number of amides is 2. The molecular formula is C42H64N2O9. The molecule has 0 radical (unpaired) electrons. The first kappa shape index (κ1) is 46.9. The lowest BCUT2D eigenvalue weighted by Gasteiger charge is -2.35. The monoisotopic (exact) mass is 740 g/mol. The first-order valence-corrected chi connectivity index (χ1v) is 19.1. The molecular weight excluding hydrogens is 676 g/mol. The number of Topliss-reactive ketones (excluding diaryl/α,β-unsaturated/α-hetero) is 1. The van der Waals surface area contributed by atoms with Crippen LogP contribution < -0.4 is 15.4 Å². The van der Waals surface area contributed by atoms with Crippen molar-refractivity contribution in [1.82, 2.24) is 10.6 Å². The summed E-state index contributed by atoms with van der Waals surface area (Å²) in [4.78, 5) is 64.6. The minimum Gasteiger partial charge on any atom is -0.481 e. The number of carbonyl (C=O) groups excluding carboxylic acids is 5. The molecule has 11 nitrogen and oxygen atoms in total. The van der Waals surface area contributed by atoms with E-state index in [9.17, 15) is 29.1 Å². The molecule has 1 aromatic carbocycles. The summed E-state index contributed by atoms with van der Waals surface area (Å²) in [6, 6.07) is 5.97. The van der Waals surface area contributed by atoms with E-state index in [4.69, 9.17) is 14.2 Å². The zero-order valence-electron chi connectivity index (χ0n) is 33.1. The van der Waals surface area contributed by atoms with Crippen molar-refractivity contribution in [2.45, 2.75) is 149 Å². The van der Waals surface area contributed by atoms with Crippen LogP contribution in [0.25, 0.3) is 0 Å². The highest BCUT2D eigenvalue weighted by atomic mass is 16.6. The standard InChI is InChI=1S/C42H64N2O9/c1-8-10-12-15-18-21-34(46)22-19-16-13-14-17-20-23-36(42(50,28-30-51-32(3)45)40(49)53-41(4,5)6)38(47)44-37(39(48)43-7)31-33-24-26-35(27-25-33)52-29-11-9-2/h20,23-27,36-37,50H,8,10,12-19,21-22,28-31H2,1-7H3,(H,43,48)(H,44,47)/b23-20+/t36-,37+,42+/m1/s1. The molecule has 0 saturated heterocycles. The van der Waals surface area contributed by atoms with Crippen molar-refractivity contribution in [2.75, 3.05) is 20.3 Å². The van der Waals surface area contributed by atoms with E-state index in [0.29, 0.717) is 30.8 Å². The predicted molar refractivity (Wildman–Crippen MR) is 206 cm³/mol. The summed E-state index contributed by atoms with van der Waals surface area (Å²) < 4.78 is 16.2. The van der Waals surface area contributed by atoms with Crippen LogP contribution in [0.1, 0.15) is 131 Å². The minimum absolute atomic E-state index is 0.108. The van der Waals surface area contributed by atoms with Gasteiger partial charge in [0.15, 0.2) is 5.60 Å². The van der Waals surface area contributed by atoms with Crippen LogP contribution in [0.15, 0.2) is 36.4 Å². The topological polar surface area (TPSA) is 157 Å². The molecule has 3 N–H and O–H groups in total. The van der Waals surface area contributed by atoms with Crippen LogP contribution in [0.3, 0.4) is 0 Å². The van der Waals surface area contributed by atoms with Crippen molar-refractivity contribution in [3.8, 4) is 17.6 Å². The van der Waals surface area contributed by atoms with Gasteiger partial charge < -0.3 is 30.0 Å². The van der Waals surface area contributed by atoms with Crippen molar-refractivity contribution in [3.05, 3.63) is 42.0 Å². The van der Waals surface area contributed by atoms with Crippen LogP contribution in [-0.2, 0) is 39.9 Å². The fourth-order valence-electron chi connectivity index (χ4n) is 5.58. The lowest BCUT2D eigenvalue weighted by molar-refractivity contribution is -0.186. The average molecular weight is 741 g/mol. The molecule has 3 atom stereocenters. The van der Waals surface area contributed by atoms with E-state index in [1.165, 1.54) is 39.3 Å². The van der Waals surface area contributed by atoms with Crippen LogP contribution in [-0.4, -0.2) is 72.1 Å². The second kappa shape index (κ2) is 25.7. The molecule has 0 fully saturated rings. The summed E-state index contributed by atoms with van der Waals surface area (Å²) in [5.41, 5.74) is -2.71. The van der Waals surface area contributed by atoms with E-state index in [2.05, 4.69) is 29.4 Å². The zero-order valence-corrected chi connectivity index (χ0v) is 33.1. The molecule has 2 amide bonds. The summed E-state index contributed by atoms with van der Waals surface area (Å²) in [5.74, 6) is 2.07. The number of allylic oxidation sites excluding steroid dienone is 1. The van der Waals surface area contributed by atoms with E-state index < -0.39 is 53.3 Å². The third-order valence-corrected chi connectivity index (χ3v) is 8.53. The van der Waals surface area contributed by atoms with E-state index in [1.807, 2.05) is 0 Å². The van der Waals surface area contributed by atoms with Gasteiger partial charge in [0.2, 0.25) is 11.8 Å². The Kier molecular flexibility index (Phi) is 22.8.